The van der Waals surface area contributed by atoms with Gasteiger partial charge in [-0.25, -0.2) is 4.98 Å². The molecule has 0 aliphatic heterocycles. The van der Waals surface area contributed by atoms with Crippen molar-refractivity contribution in [2.75, 3.05) is 11.6 Å². The molecular weight excluding hydrogens is 258 g/mol. The van der Waals surface area contributed by atoms with Gasteiger partial charge < -0.3 is 5.32 Å². The molecule has 1 N–H and O–H groups in total. The Labute approximate surface area is 114 Å². The van der Waals surface area contributed by atoms with Gasteiger partial charge >= 0.3 is 0 Å². The molecule has 0 aliphatic rings. The van der Waals surface area contributed by atoms with Gasteiger partial charge in [0.15, 0.2) is 0 Å². The number of benzene rings is 1. The summed E-state index contributed by atoms with van der Waals surface area (Å²) in [5.74, 6) is 1.15. The molecule has 0 saturated heterocycles. The summed E-state index contributed by atoms with van der Waals surface area (Å²) in [6.07, 6.45) is 1.68. The molecule has 4 nitrogen and oxygen atoms in total. The molecule has 0 fully saturated rings. The molecule has 0 spiro atoms. The van der Waals surface area contributed by atoms with Crippen LogP contribution in [0.2, 0.25) is 0 Å². The third kappa shape index (κ3) is 3.90. The van der Waals surface area contributed by atoms with Gasteiger partial charge in [0.05, 0.1) is 0 Å². The van der Waals surface area contributed by atoms with Crippen LogP contribution in [0.3, 0.4) is 0 Å². The lowest BCUT2D eigenvalue weighted by Gasteiger charge is -2.07. The summed E-state index contributed by atoms with van der Waals surface area (Å²) in [4.78, 5) is 4.14. The van der Waals surface area contributed by atoms with Gasteiger partial charge in [-0.2, -0.15) is 5.26 Å². The predicted molar refractivity (Wildman–Crippen MR) is 76.4 cm³/mol. The quantitative estimate of drug-likeness (QED) is 0.928. The van der Waals surface area contributed by atoms with Crippen LogP contribution in [0.15, 0.2) is 42.5 Å². The van der Waals surface area contributed by atoms with Crippen LogP contribution in [0.1, 0.15) is 11.3 Å². The van der Waals surface area contributed by atoms with Crippen LogP contribution in [0.5, 0.6) is 0 Å². The van der Waals surface area contributed by atoms with Crippen molar-refractivity contribution in [2.24, 2.45) is 0 Å². The number of nitrogens with zero attached hydrogens (tertiary/aromatic N) is 2. The molecule has 2 rings (SSSR count). The van der Waals surface area contributed by atoms with Gasteiger partial charge in [-0.3, -0.25) is 4.21 Å². The maximum Gasteiger partial charge on any atom is 0.142 e. The number of nitrogens with one attached hydrogen (secondary N) is 1. The van der Waals surface area contributed by atoms with Crippen molar-refractivity contribution in [3.63, 3.8) is 0 Å². The predicted octanol–water partition coefficient (Wildman–Crippen LogP) is 2.58. The molecule has 0 bridgehead atoms. The third-order valence-corrected chi connectivity index (χ3v) is 3.17. The summed E-state index contributed by atoms with van der Waals surface area (Å²) in [5, 5.41) is 11.9. The molecule has 0 amide bonds. The molecule has 1 atom stereocenters. The Hall–Kier alpha value is -2.19. The van der Waals surface area contributed by atoms with Crippen LogP contribution < -0.4 is 5.32 Å². The van der Waals surface area contributed by atoms with Crippen molar-refractivity contribution in [3.8, 4) is 6.07 Å². The van der Waals surface area contributed by atoms with Crippen LogP contribution in [-0.2, 0) is 16.6 Å². The molecule has 1 aromatic carbocycles. The minimum Gasteiger partial charge on any atom is -0.340 e. The van der Waals surface area contributed by atoms with Crippen LogP contribution in [-0.4, -0.2) is 15.4 Å². The number of hydrogen-bond acceptors (Lipinski definition) is 4. The van der Waals surface area contributed by atoms with E-state index < -0.39 is 10.8 Å². The Morgan fingerprint density at radius 3 is 2.84 bits per heavy atom. The first-order valence-corrected chi connectivity index (χ1v) is 7.43. The molecule has 5 heteroatoms. The van der Waals surface area contributed by atoms with Crippen molar-refractivity contribution in [2.45, 2.75) is 5.75 Å². The van der Waals surface area contributed by atoms with Gasteiger partial charge in [0.1, 0.15) is 17.6 Å². The lowest BCUT2D eigenvalue weighted by molar-refractivity contribution is 0.686. The Balaban J connectivity index is 2.18. The molecule has 19 heavy (non-hydrogen) atoms. The fourth-order valence-corrected chi connectivity index (χ4v) is 2.34. The van der Waals surface area contributed by atoms with Gasteiger partial charge in [-0.05, 0) is 29.8 Å². The zero-order chi connectivity index (χ0) is 13.7. The fourth-order valence-electron chi connectivity index (χ4n) is 1.69. The Morgan fingerprint density at radius 1 is 1.32 bits per heavy atom. The van der Waals surface area contributed by atoms with Crippen molar-refractivity contribution in [1.29, 1.82) is 5.26 Å². The Bertz CT molecular complexity index is 649. The highest BCUT2D eigenvalue weighted by Crippen LogP contribution is 2.17. The Kier molecular flexibility index (Phi) is 4.26. The van der Waals surface area contributed by atoms with E-state index in [-0.39, 0.29) is 0 Å². The highest BCUT2D eigenvalue weighted by molar-refractivity contribution is 7.83. The lowest BCUT2D eigenvalue weighted by Crippen LogP contribution is -1.97. The van der Waals surface area contributed by atoms with E-state index >= 15 is 0 Å². The van der Waals surface area contributed by atoms with E-state index in [0.717, 1.165) is 11.3 Å². The topological polar surface area (TPSA) is 65.8 Å². The summed E-state index contributed by atoms with van der Waals surface area (Å²) in [6.45, 7) is 0. The summed E-state index contributed by atoms with van der Waals surface area (Å²) in [7, 11) is -0.863. The van der Waals surface area contributed by atoms with Crippen molar-refractivity contribution >= 4 is 22.3 Å². The van der Waals surface area contributed by atoms with E-state index in [2.05, 4.69) is 10.3 Å². The van der Waals surface area contributed by atoms with Crippen LogP contribution in [0.4, 0.5) is 11.5 Å². The first kappa shape index (κ1) is 13.2. The van der Waals surface area contributed by atoms with Crippen LogP contribution in [0, 0.1) is 11.3 Å². The molecule has 1 unspecified atom stereocenters. The second-order valence-electron chi connectivity index (χ2n) is 4.06. The summed E-state index contributed by atoms with van der Waals surface area (Å²) in [6, 6.07) is 14.9. The van der Waals surface area contributed by atoms with Gasteiger partial charge in [-0.1, -0.05) is 18.2 Å². The monoisotopic (exact) mass is 271 g/mol. The van der Waals surface area contributed by atoms with E-state index in [1.807, 2.05) is 30.3 Å². The van der Waals surface area contributed by atoms with Gasteiger partial charge in [0.2, 0.25) is 0 Å². The fraction of sp³-hybridized carbons (Fsp3) is 0.143. The number of anilines is 2. The second-order valence-corrected chi connectivity index (χ2v) is 5.50. The molecule has 96 valence electrons. The third-order valence-electron chi connectivity index (χ3n) is 2.43. The first-order chi connectivity index (χ1) is 9.17. The standard InChI is InChI=1S/C14H13N3OS/c1-19(18)10-11-4-2-5-12(8-11)16-14-7-3-6-13(9-15)17-14/h2-8H,10H2,1H3,(H,16,17). The molecular formula is C14H13N3OS. The largest absolute Gasteiger partial charge is 0.340 e. The van der Waals surface area contributed by atoms with Gasteiger partial charge in [0, 0.05) is 28.5 Å². The summed E-state index contributed by atoms with van der Waals surface area (Å²) < 4.78 is 11.2. The molecule has 1 heterocycles. The number of pyridine rings is 1. The number of rotatable bonds is 4. The molecule has 0 aliphatic carbocycles. The highest BCUT2D eigenvalue weighted by atomic mass is 32.2. The zero-order valence-corrected chi connectivity index (χ0v) is 11.3. The highest BCUT2D eigenvalue weighted by Gasteiger charge is 2.01. The maximum absolute atomic E-state index is 11.2. The van der Waals surface area contributed by atoms with Crippen LogP contribution in [0.25, 0.3) is 0 Å². The van der Waals surface area contributed by atoms with Crippen molar-refractivity contribution in [3.05, 3.63) is 53.7 Å². The van der Waals surface area contributed by atoms with E-state index in [9.17, 15) is 4.21 Å². The number of nitriles is 1. The van der Waals surface area contributed by atoms with E-state index in [0.29, 0.717) is 17.3 Å². The zero-order valence-electron chi connectivity index (χ0n) is 10.5. The molecule has 0 radical (unpaired) electrons. The number of aromatic nitrogens is 1. The second kappa shape index (κ2) is 6.12. The SMILES string of the molecule is CS(=O)Cc1cccc(Nc2cccc(C#N)n2)c1. The lowest BCUT2D eigenvalue weighted by atomic mass is 10.2. The first-order valence-electron chi connectivity index (χ1n) is 5.70. The summed E-state index contributed by atoms with van der Waals surface area (Å²) in [5.41, 5.74) is 2.24. The average Bonchev–Trinajstić information content (AvgIpc) is 2.38. The molecule has 1 aromatic heterocycles. The minimum atomic E-state index is -0.863. The normalized spacial score (nSPS) is 11.6. The van der Waals surface area contributed by atoms with Crippen molar-refractivity contribution in [1.82, 2.24) is 4.98 Å². The van der Waals surface area contributed by atoms with Gasteiger partial charge in [0.25, 0.3) is 0 Å². The van der Waals surface area contributed by atoms with E-state index in [1.165, 1.54) is 0 Å². The van der Waals surface area contributed by atoms with Gasteiger partial charge in [-0.15, -0.1) is 0 Å². The molecule has 2 aromatic rings. The van der Waals surface area contributed by atoms with Crippen LogP contribution >= 0.6 is 0 Å². The smallest absolute Gasteiger partial charge is 0.142 e. The maximum atomic E-state index is 11.2. The molecule has 0 saturated carbocycles. The number of hydrogen-bond donors (Lipinski definition) is 1. The van der Waals surface area contributed by atoms with E-state index in [4.69, 9.17) is 5.26 Å². The Morgan fingerprint density at radius 2 is 2.11 bits per heavy atom. The van der Waals surface area contributed by atoms with Crippen molar-refractivity contribution < 1.29 is 4.21 Å². The minimum absolute atomic E-state index is 0.371. The summed E-state index contributed by atoms with van der Waals surface area (Å²) >= 11 is 0. The van der Waals surface area contributed by atoms with E-state index in [1.54, 1.807) is 24.5 Å². The average molecular weight is 271 g/mol.